The van der Waals surface area contributed by atoms with Gasteiger partial charge in [0.2, 0.25) is 11.8 Å². The molecule has 0 unspecified atom stereocenters. The Labute approximate surface area is 143 Å². The van der Waals surface area contributed by atoms with Crippen LogP contribution in [0.4, 0.5) is 5.69 Å². The van der Waals surface area contributed by atoms with Crippen molar-refractivity contribution in [3.05, 3.63) is 24.3 Å². The Balaban J connectivity index is 2.00. The van der Waals surface area contributed by atoms with Crippen molar-refractivity contribution in [3.63, 3.8) is 0 Å². The van der Waals surface area contributed by atoms with Crippen LogP contribution in [-0.4, -0.2) is 56.0 Å². The molecule has 1 aliphatic heterocycles. The number of piperazine rings is 1. The summed E-state index contributed by atoms with van der Waals surface area (Å²) in [5.41, 5.74) is 0.779. The lowest BCUT2D eigenvalue weighted by atomic mass is 10.1. The van der Waals surface area contributed by atoms with E-state index in [0.29, 0.717) is 31.3 Å². The molecule has 1 N–H and O–H groups in total. The van der Waals surface area contributed by atoms with Crippen LogP contribution in [0.1, 0.15) is 20.8 Å². The standard InChI is InChI=1S/C18H27N3O3/c1-13(2)11-19-18(23)14(3)20-9-10-21(17(22)12-20)15-7-5-6-8-16(15)24-4/h5-8,13-14H,9-12H2,1-4H3,(H,19,23)/t14-/m1/s1. The highest BCUT2D eigenvalue weighted by atomic mass is 16.5. The van der Waals surface area contributed by atoms with Gasteiger partial charge in [-0.25, -0.2) is 0 Å². The zero-order chi connectivity index (χ0) is 17.7. The van der Waals surface area contributed by atoms with E-state index in [4.69, 9.17) is 4.74 Å². The summed E-state index contributed by atoms with van der Waals surface area (Å²) in [7, 11) is 1.60. The van der Waals surface area contributed by atoms with E-state index in [2.05, 4.69) is 19.2 Å². The highest BCUT2D eigenvalue weighted by Gasteiger charge is 2.31. The molecule has 6 heteroatoms. The van der Waals surface area contributed by atoms with Crippen molar-refractivity contribution < 1.29 is 14.3 Å². The van der Waals surface area contributed by atoms with Crippen molar-refractivity contribution in [3.8, 4) is 5.75 Å². The van der Waals surface area contributed by atoms with Gasteiger partial charge in [-0.15, -0.1) is 0 Å². The van der Waals surface area contributed by atoms with E-state index in [-0.39, 0.29) is 24.4 Å². The first-order valence-corrected chi connectivity index (χ1v) is 8.39. The second kappa shape index (κ2) is 8.15. The number of ether oxygens (including phenoxy) is 1. The number of amides is 2. The third-order valence-electron chi connectivity index (χ3n) is 4.24. The second-order valence-corrected chi connectivity index (χ2v) is 6.50. The number of anilines is 1. The van der Waals surface area contributed by atoms with Crippen LogP contribution in [0.2, 0.25) is 0 Å². The minimum Gasteiger partial charge on any atom is -0.495 e. The number of benzene rings is 1. The van der Waals surface area contributed by atoms with E-state index in [9.17, 15) is 9.59 Å². The summed E-state index contributed by atoms with van der Waals surface area (Å²) in [5, 5.41) is 2.93. The summed E-state index contributed by atoms with van der Waals surface area (Å²) >= 11 is 0. The van der Waals surface area contributed by atoms with Gasteiger partial charge in [0, 0.05) is 19.6 Å². The van der Waals surface area contributed by atoms with Crippen molar-refractivity contribution >= 4 is 17.5 Å². The van der Waals surface area contributed by atoms with Gasteiger partial charge in [-0.3, -0.25) is 14.5 Å². The van der Waals surface area contributed by atoms with Crippen LogP contribution in [0, 0.1) is 5.92 Å². The Morgan fingerprint density at radius 1 is 1.25 bits per heavy atom. The van der Waals surface area contributed by atoms with Crippen LogP contribution in [0.5, 0.6) is 5.75 Å². The van der Waals surface area contributed by atoms with Crippen LogP contribution < -0.4 is 15.0 Å². The van der Waals surface area contributed by atoms with Crippen LogP contribution in [0.3, 0.4) is 0 Å². The predicted molar refractivity (Wildman–Crippen MR) is 94.2 cm³/mol. The maximum absolute atomic E-state index is 12.6. The quantitative estimate of drug-likeness (QED) is 0.857. The van der Waals surface area contributed by atoms with E-state index in [1.807, 2.05) is 36.1 Å². The summed E-state index contributed by atoms with van der Waals surface area (Å²) in [4.78, 5) is 28.4. The third-order valence-corrected chi connectivity index (χ3v) is 4.24. The van der Waals surface area contributed by atoms with Crippen molar-refractivity contribution in [2.75, 3.05) is 38.2 Å². The van der Waals surface area contributed by atoms with Crippen LogP contribution >= 0.6 is 0 Å². The molecular formula is C18H27N3O3. The molecule has 0 spiro atoms. The smallest absolute Gasteiger partial charge is 0.241 e. The van der Waals surface area contributed by atoms with Crippen LogP contribution in [-0.2, 0) is 9.59 Å². The number of hydrogen-bond donors (Lipinski definition) is 1. The predicted octanol–water partition coefficient (Wildman–Crippen LogP) is 1.50. The number of rotatable bonds is 6. The Bertz CT molecular complexity index is 589. The number of carbonyl (C=O) groups is 2. The molecule has 1 fully saturated rings. The molecule has 2 amide bonds. The summed E-state index contributed by atoms with van der Waals surface area (Å²) in [6.07, 6.45) is 0. The number of para-hydroxylation sites is 2. The van der Waals surface area contributed by atoms with E-state index >= 15 is 0 Å². The van der Waals surface area contributed by atoms with Crippen molar-refractivity contribution in [1.82, 2.24) is 10.2 Å². The molecule has 1 saturated heterocycles. The first-order chi connectivity index (χ1) is 11.4. The molecule has 1 aromatic rings. The SMILES string of the molecule is COc1ccccc1N1CCN([C@H](C)C(=O)NCC(C)C)CC1=O. The van der Waals surface area contributed by atoms with Crippen molar-refractivity contribution in [2.24, 2.45) is 5.92 Å². The Hall–Kier alpha value is -2.08. The number of nitrogens with zero attached hydrogens (tertiary/aromatic N) is 2. The molecule has 0 aliphatic carbocycles. The second-order valence-electron chi connectivity index (χ2n) is 6.50. The van der Waals surface area contributed by atoms with Gasteiger partial charge in [-0.2, -0.15) is 0 Å². The number of carbonyl (C=O) groups excluding carboxylic acids is 2. The lowest BCUT2D eigenvalue weighted by molar-refractivity contribution is -0.129. The Morgan fingerprint density at radius 3 is 2.58 bits per heavy atom. The zero-order valence-corrected chi connectivity index (χ0v) is 14.9. The van der Waals surface area contributed by atoms with Gasteiger partial charge in [-0.1, -0.05) is 26.0 Å². The van der Waals surface area contributed by atoms with Gasteiger partial charge in [0.25, 0.3) is 0 Å². The number of hydrogen-bond acceptors (Lipinski definition) is 4. The van der Waals surface area contributed by atoms with Gasteiger partial charge in [0.05, 0.1) is 25.4 Å². The molecule has 1 aliphatic rings. The maximum atomic E-state index is 12.6. The summed E-state index contributed by atoms with van der Waals surface area (Å²) in [5.74, 6) is 1.05. The maximum Gasteiger partial charge on any atom is 0.241 e. The van der Waals surface area contributed by atoms with E-state index in [1.165, 1.54) is 0 Å². The largest absolute Gasteiger partial charge is 0.495 e. The molecule has 24 heavy (non-hydrogen) atoms. The molecule has 132 valence electrons. The topological polar surface area (TPSA) is 61.9 Å². The molecule has 6 nitrogen and oxygen atoms in total. The molecule has 0 bridgehead atoms. The molecule has 1 heterocycles. The number of methoxy groups -OCH3 is 1. The van der Waals surface area contributed by atoms with Gasteiger partial charge >= 0.3 is 0 Å². The fourth-order valence-electron chi connectivity index (χ4n) is 2.75. The molecule has 0 aromatic heterocycles. The van der Waals surface area contributed by atoms with Crippen molar-refractivity contribution in [2.45, 2.75) is 26.8 Å². The van der Waals surface area contributed by atoms with Gasteiger partial charge in [0.1, 0.15) is 5.75 Å². The summed E-state index contributed by atoms with van der Waals surface area (Å²) in [6.45, 7) is 8.04. The van der Waals surface area contributed by atoms with Gasteiger partial charge < -0.3 is 15.0 Å². The van der Waals surface area contributed by atoms with Gasteiger partial charge in [-0.05, 0) is 25.0 Å². The highest BCUT2D eigenvalue weighted by molar-refractivity contribution is 5.97. The number of nitrogens with one attached hydrogen (secondary N) is 1. The van der Waals surface area contributed by atoms with Crippen molar-refractivity contribution in [1.29, 1.82) is 0 Å². The summed E-state index contributed by atoms with van der Waals surface area (Å²) in [6, 6.07) is 7.18. The van der Waals surface area contributed by atoms with E-state index < -0.39 is 0 Å². The third kappa shape index (κ3) is 4.26. The van der Waals surface area contributed by atoms with E-state index in [0.717, 1.165) is 5.69 Å². The van der Waals surface area contributed by atoms with Crippen LogP contribution in [0.15, 0.2) is 24.3 Å². The monoisotopic (exact) mass is 333 g/mol. The molecule has 0 saturated carbocycles. The first-order valence-electron chi connectivity index (χ1n) is 8.39. The first kappa shape index (κ1) is 18.3. The lowest BCUT2D eigenvalue weighted by Crippen LogP contribution is -2.56. The fourth-order valence-corrected chi connectivity index (χ4v) is 2.75. The average Bonchev–Trinajstić information content (AvgIpc) is 2.58. The molecular weight excluding hydrogens is 306 g/mol. The Morgan fingerprint density at radius 2 is 1.96 bits per heavy atom. The molecule has 2 rings (SSSR count). The average molecular weight is 333 g/mol. The van der Waals surface area contributed by atoms with Crippen LogP contribution in [0.25, 0.3) is 0 Å². The molecule has 0 radical (unpaired) electrons. The van der Waals surface area contributed by atoms with Gasteiger partial charge in [0.15, 0.2) is 0 Å². The lowest BCUT2D eigenvalue weighted by Gasteiger charge is -2.37. The zero-order valence-electron chi connectivity index (χ0n) is 14.9. The normalized spacial score (nSPS) is 17.0. The summed E-state index contributed by atoms with van der Waals surface area (Å²) < 4.78 is 5.34. The Kier molecular flexibility index (Phi) is 6.20. The minimum atomic E-state index is -0.312. The highest BCUT2D eigenvalue weighted by Crippen LogP contribution is 2.29. The molecule has 1 aromatic carbocycles. The fraction of sp³-hybridized carbons (Fsp3) is 0.556. The van der Waals surface area contributed by atoms with E-state index in [1.54, 1.807) is 12.0 Å². The molecule has 1 atom stereocenters. The minimum absolute atomic E-state index is 0.0192.